The van der Waals surface area contributed by atoms with Crippen molar-refractivity contribution in [2.45, 2.75) is 24.1 Å². The Morgan fingerprint density at radius 3 is 2.50 bits per heavy atom. The normalized spacial score (nSPS) is 10.6. The zero-order valence-electron chi connectivity index (χ0n) is 16.6. The van der Waals surface area contributed by atoms with Crippen LogP contribution in [0.2, 0.25) is 0 Å². The molecule has 156 valence electrons. The van der Waals surface area contributed by atoms with Gasteiger partial charge in [0.25, 0.3) is 5.91 Å². The number of nitrogens with zero attached hydrogens (tertiary/aromatic N) is 1. The van der Waals surface area contributed by atoms with Gasteiger partial charge in [0.05, 0.1) is 12.8 Å². The Morgan fingerprint density at radius 2 is 1.80 bits per heavy atom. The molecule has 0 radical (unpaired) electrons. The van der Waals surface area contributed by atoms with Crippen LogP contribution in [0.5, 0.6) is 0 Å². The average molecular weight is 427 g/mol. The second kappa shape index (κ2) is 10.6. The number of hydrogen-bond donors (Lipinski definition) is 1. The molecule has 0 aliphatic heterocycles. The van der Waals surface area contributed by atoms with E-state index in [0.29, 0.717) is 12.3 Å². The maximum absolute atomic E-state index is 13.0. The molecule has 0 fully saturated rings. The fourth-order valence-corrected chi connectivity index (χ4v) is 3.72. The summed E-state index contributed by atoms with van der Waals surface area (Å²) < 4.78 is 18.4. The molecule has 5 nitrogen and oxygen atoms in total. The molecule has 3 aromatic rings. The van der Waals surface area contributed by atoms with Crippen molar-refractivity contribution in [1.82, 2.24) is 10.2 Å². The third-order valence-corrected chi connectivity index (χ3v) is 5.55. The van der Waals surface area contributed by atoms with E-state index < -0.39 is 0 Å². The summed E-state index contributed by atoms with van der Waals surface area (Å²) in [6.07, 6.45) is 1.50. The van der Waals surface area contributed by atoms with Gasteiger partial charge in [-0.25, -0.2) is 4.39 Å². The number of likely N-dealkylation sites (N-methyl/N-ethyl adjacent to an activating group) is 1. The Bertz CT molecular complexity index is 974. The van der Waals surface area contributed by atoms with Gasteiger partial charge in [0.2, 0.25) is 5.91 Å². The maximum atomic E-state index is 13.0. The lowest BCUT2D eigenvalue weighted by Gasteiger charge is -2.20. The van der Waals surface area contributed by atoms with Gasteiger partial charge in [-0.3, -0.25) is 9.59 Å². The predicted molar refractivity (Wildman–Crippen MR) is 115 cm³/mol. The lowest BCUT2D eigenvalue weighted by Crippen LogP contribution is -2.40. The Balaban J connectivity index is 1.57. The lowest BCUT2D eigenvalue weighted by atomic mass is 10.2. The molecular weight excluding hydrogens is 403 g/mol. The van der Waals surface area contributed by atoms with E-state index in [1.54, 1.807) is 30.0 Å². The van der Waals surface area contributed by atoms with E-state index in [4.69, 9.17) is 4.42 Å². The van der Waals surface area contributed by atoms with E-state index in [2.05, 4.69) is 5.32 Å². The summed E-state index contributed by atoms with van der Waals surface area (Å²) in [6.45, 7) is 2.37. The first-order valence-corrected chi connectivity index (χ1v) is 10.6. The first-order chi connectivity index (χ1) is 14.6. The predicted octanol–water partition coefficient (Wildman–Crippen LogP) is 4.49. The van der Waals surface area contributed by atoms with Crippen LogP contribution >= 0.6 is 11.8 Å². The molecule has 0 aliphatic carbocycles. The van der Waals surface area contributed by atoms with Crippen molar-refractivity contribution < 1.29 is 18.4 Å². The van der Waals surface area contributed by atoms with E-state index in [0.717, 1.165) is 16.0 Å². The number of carbonyl (C=O) groups excluding carboxylic acids is 2. The van der Waals surface area contributed by atoms with Gasteiger partial charge in [-0.05, 0) is 42.8 Å². The van der Waals surface area contributed by atoms with Crippen LogP contribution in [0.3, 0.4) is 0 Å². The molecule has 1 aromatic heterocycles. The van der Waals surface area contributed by atoms with Crippen molar-refractivity contribution in [3.8, 4) is 0 Å². The van der Waals surface area contributed by atoms with Crippen molar-refractivity contribution in [3.05, 3.63) is 89.6 Å². The zero-order chi connectivity index (χ0) is 21.3. The van der Waals surface area contributed by atoms with Crippen LogP contribution in [0.25, 0.3) is 0 Å². The van der Waals surface area contributed by atoms with Crippen molar-refractivity contribution in [1.29, 1.82) is 0 Å². The summed E-state index contributed by atoms with van der Waals surface area (Å²) in [6, 6.07) is 17.6. The monoisotopic (exact) mass is 426 g/mol. The summed E-state index contributed by atoms with van der Waals surface area (Å²) in [5.74, 6) is -0.0841. The third-order valence-electron chi connectivity index (χ3n) is 4.48. The minimum atomic E-state index is -0.326. The SMILES string of the molecule is CCN(CC(=O)NCc1ccc(F)cc1)C(=O)c1occc1CSc1ccccc1. The van der Waals surface area contributed by atoms with Crippen LogP contribution in [-0.4, -0.2) is 29.8 Å². The number of amides is 2. The fraction of sp³-hybridized carbons (Fsp3) is 0.217. The highest BCUT2D eigenvalue weighted by molar-refractivity contribution is 7.98. The Kier molecular flexibility index (Phi) is 7.68. The van der Waals surface area contributed by atoms with E-state index in [9.17, 15) is 14.0 Å². The number of rotatable bonds is 9. The third kappa shape index (κ3) is 5.97. The van der Waals surface area contributed by atoms with Gasteiger partial charge >= 0.3 is 0 Å². The molecule has 30 heavy (non-hydrogen) atoms. The largest absolute Gasteiger partial charge is 0.459 e. The lowest BCUT2D eigenvalue weighted by molar-refractivity contribution is -0.121. The number of hydrogen-bond acceptors (Lipinski definition) is 4. The van der Waals surface area contributed by atoms with Crippen molar-refractivity contribution >= 4 is 23.6 Å². The summed E-state index contributed by atoms with van der Waals surface area (Å²) in [4.78, 5) is 27.8. The summed E-state index contributed by atoms with van der Waals surface area (Å²) in [7, 11) is 0. The molecule has 3 rings (SSSR count). The van der Waals surface area contributed by atoms with Crippen molar-refractivity contribution in [2.24, 2.45) is 0 Å². The van der Waals surface area contributed by atoms with Crippen LogP contribution in [0.15, 0.2) is 76.2 Å². The Morgan fingerprint density at radius 1 is 1.07 bits per heavy atom. The molecule has 0 bridgehead atoms. The number of nitrogens with one attached hydrogen (secondary N) is 1. The Hall–Kier alpha value is -3.06. The molecule has 0 aliphatic rings. The molecule has 1 heterocycles. The molecule has 0 atom stereocenters. The van der Waals surface area contributed by atoms with E-state index >= 15 is 0 Å². The van der Waals surface area contributed by atoms with E-state index in [1.807, 2.05) is 37.3 Å². The smallest absolute Gasteiger partial charge is 0.290 e. The highest BCUT2D eigenvalue weighted by Gasteiger charge is 2.23. The molecule has 1 N–H and O–H groups in total. The average Bonchev–Trinajstić information content (AvgIpc) is 3.24. The van der Waals surface area contributed by atoms with Crippen LogP contribution in [0.4, 0.5) is 4.39 Å². The van der Waals surface area contributed by atoms with Gasteiger partial charge in [0.15, 0.2) is 5.76 Å². The Labute approximate surface area is 179 Å². The number of halogens is 1. The molecule has 0 saturated heterocycles. The second-order valence-electron chi connectivity index (χ2n) is 6.60. The number of carbonyl (C=O) groups is 2. The van der Waals surface area contributed by atoms with Gasteiger partial charge < -0.3 is 14.6 Å². The van der Waals surface area contributed by atoms with Crippen molar-refractivity contribution in [3.63, 3.8) is 0 Å². The standard InChI is InChI=1S/C23H23FN2O3S/c1-2-26(15-21(27)25-14-17-8-10-19(24)11-9-17)23(28)22-18(12-13-29-22)16-30-20-6-4-3-5-7-20/h3-13H,2,14-16H2,1H3,(H,25,27). The molecular formula is C23H23FN2O3S. The fourth-order valence-electron chi connectivity index (χ4n) is 2.82. The first-order valence-electron chi connectivity index (χ1n) is 9.61. The number of thioether (sulfide) groups is 1. The maximum Gasteiger partial charge on any atom is 0.290 e. The van der Waals surface area contributed by atoms with Crippen LogP contribution < -0.4 is 5.32 Å². The van der Waals surface area contributed by atoms with Gasteiger partial charge in [-0.1, -0.05) is 30.3 Å². The topological polar surface area (TPSA) is 62.6 Å². The first kappa shape index (κ1) is 21.6. The second-order valence-corrected chi connectivity index (χ2v) is 7.65. The molecule has 0 spiro atoms. The quantitative estimate of drug-likeness (QED) is 0.512. The minimum absolute atomic E-state index is 0.0809. The highest BCUT2D eigenvalue weighted by atomic mass is 32.2. The highest BCUT2D eigenvalue weighted by Crippen LogP contribution is 2.25. The summed E-state index contributed by atoms with van der Waals surface area (Å²) >= 11 is 1.61. The van der Waals surface area contributed by atoms with Gasteiger partial charge in [-0.2, -0.15) is 0 Å². The van der Waals surface area contributed by atoms with Crippen LogP contribution in [-0.2, 0) is 17.1 Å². The minimum Gasteiger partial charge on any atom is -0.459 e. The summed E-state index contributed by atoms with van der Waals surface area (Å²) in [5, 5.41) is 2.75. The number of furan rings is 1. The van der Waals surface area contributed by atoms with Gasteiger partial charge in [-0.15, -0.1) is 11.8 Å². The van der Waals surface area contributed by atoms with Crippen LogP contribution in [0, 0.1) is 5.82 Å². The number of benzene rings is 2. The zero-order valence-corrected chi connectivity index (χ0v) is 17.5. The molecule has 7 heteroatoms. The van der Waals surface area contributed by atoms with Gasteiger partial charge in [0, 0.05) is 29.3 Å². The molecule has 2 amide bonds. The molecule has 2 aromatic carbocycles. The molecule has 0 saturated carbocycles. The van der Waals surface area contributed by atoms with E-state index in [1.165, 1.54) is 23.3 Å². The molecule has 0 unspecified atom stereocenters. The van der Waals surface area contributed by atoms with Gasteiger partial charge in [0.1, 0.15) is 5.82 Å². The van der Waals surface area contributed by atoms with Crippen LogP contribution in [0.1, 0.15) is 28.6 Å². The van der Waals surface area contributed by atoms with Crippen molar-refractivity contribution in [2.75, 3.05) is 13.1 Å². The summed E-state index contributed by atoms with van der Waals surface area (Å²) in [5.41, 5.74) is 1.57. The van der Waals surface area contributed by atoms with E-state index in [-0.39, 0.29) is 36.5 Å².